The molecule has 1 aliphatic rings. The average molecular weight is 325 g/mol. The third-order valence-corrected chi connectivity index (χ3v) is 4.88. The molecule has 0 unspecified atom stereocenters. The second-order valence-electron chi connectivity index (χ2n) is 6.24. The predicted molar refractivity (Wildman–Crippen MR) is 93.4 cm³/mol. The third kappa shape index (κ3) is 1.59. The van der Waals surface area contributed by atoms with Crippen LogP contribution in [-0.4, -0.2) is 14.5 Å². The highest BCUT2D eigenvalue weighted by molar-refractivity contribution is 6.02. The Balaban J connectivity index is 1.84. The molecule has 0 N–H and O–H groups in total. The maximum atomic E-state index is 6.19. The number of furan rings is 1. The van der Waals surface area contributed by atoms with E-state index in [0.717, 1.165) is 45.8 Å². The lowest BCUT2D eigenvalue weighted by atomic mass is 10.1. The Bertz CT molecular complexity index is 1270. The second kappa shape index (κ2) is 4.54. The van der Waals surface area contributed by atoms with Crippen LogP contribution in [0.5, 0.6) is 0 Å². The second-order valence-corrected chi connectivity index (χ2v) is 6.24. The van der Waals surface area contributed by atoms with E-state index in [4.69, 9.17) is 4.42 Å². The van der Waals surface area contributed by atoms with Gasteiger partial charge < -0.3 is 4.42 Å². The highest BCUT2D eigenvalue weighted by Gasteiger charge is 2.38. The third-order valence-electron chi connectivity index (χ3n) is 4.88. The Morgan fingerprint density at radius 3 is 2.72 bits per heavy atom. The molecular formula is C20H13N4O+. The molecule has 1 aromatic carbocycles. The van der Waals surface area contributed by atoms with E-state index in [-0.39, 0.29) is 0 Å². The minimum atomic E-state index is 0.788. The lowest BCUT2D eigenvalue weighted by molar-refractivity contribution is -0.652. The van der Waals surface area contributed by atoms with Gasteiger partial charge in [0, 0.05) is 24.2 Å². The first kappa shape index (κ1) is 12.9. The highest BCUT2D eigenvalue weighted by atomic mass is 16.3. The summed E-state index contributed by atoms with van der Waals surface area (Å²) in [5.74, 6) is 1.11. The molecule has 5 nitrogen and oxygen atoms in total. The first-order chi connectivity index (χ1) is 12.4. The number of rotatable bonds is 1. The van der Waals surface area contributed by atoms with Crippen LogP contribution in [0.1, 0.15) is 5.56 Å². The number of benzene rings is 1. The molecule has 0 aliphatic carbocycles. The van der Waals surface area contributed by atoms with E-state index in [2.05, 4.69) is 49.4 Å². The van der Waals surface area contributed by atoms with Gasteiger partial charge in [-0.3, -0.25) is 9.97 Å². The lowest BCUT2D eigenvalue weighted by Gasteiger charge is -2.01. The van der Waals surface area contributed by atoms with Crippen LogP contribution in [0.25, 0.3) is 39.3 Å². The first-order valence-electron chi connectivity index (χ1n) is 8.21. The average Bonchev–Trinajstić information content (AvgIpc) is 3.30. The van der Waals surface area contributed by atoms with Crippen molar-refractivity contribution in [1.29, 1.82) is 0 Å². The molecule has 5 heteroatoms. The molecule has 0 amide bonds. The quantitative estimate of drug-likeness (QED) is 0.435. The Hall–Kier alpha value is -3.47. The number of fused-ring (bicyclic) bond motifs is 7. The van der Waals surface area contributed by atoms with E-state index in [1.54, 1.807) is 6.20 Å². The van der Waals surface area contributed by atoms with Crippen molar-refractivity contribution in [2.24, 2.45) is 0 Å². The first-order valence-corrected chi connectivity index (χ1v) is 8.21. The van der Waals surface area contributed by atoms with Gasteiger partial charge in [0.15, 0.2) is 5.58 Å². The van der Waals surface area contributed by atoms with Crippen molar-refractivity contribution < 1.29 is 8.98 Å². The molecule has 0 spiro atoms. The smallest absolute Gasteiger partial charge is 0.340 e. The van der Waals surface area contributed by atoms with Gasteiger partial charge in [-0.15, -0.1) is 0 Å². The molecule has 6 rings (SSSR count). The van der Waals surface area contributed by atoms with E-state index in [0.29, 0.717) is 0 Å². The normalized spacial score (nSPS) is 12.6. The SMILES string of the molecule is c1ccc(-n2c3[n+](c4oc5cnccc5c42)Cc2ccncc2-3)cc1. The van der Waals surface area contributed by atoms with Crippen LogP contribution >= 0.6 is 0 Å². The molecule has 5 aromatic rings. The van der Waals surface area contributed by atoms with Crippen molar-refractivity contribution in [1.82, 2.24) is 14.5 Å². The summed E-state index contributed by atoms with van der Waals surface area (Å²) in [5.41, 5.74) is 6.28. The van der Waals surface area contributed by atoms with Crippen LogP contribution in [0.3, 0.4) is 0 Å². The molecule has 1 aliphatic heterocycles. The summed E-state index contributed by atoms with van der Waals surface area (Å²) in [6.07, 6.45) is 7.38. The Morgan fingerprint density at radius 1 is 0.960 bits per heavy atom. The van der Waals surface area contributed by atoms with Gasteiger partial charge in [0.1, 0.15) is 12.2 Å². The molecule has 0 saturated heterocycles. The maximum absolute atomic E-state index is 6.19. The minimum absolute atomic E-state index is 0.788. The summed E-state index contributed by atoms with van der Waals surface area (Å²) >= 11 is 0. The number of nitrogens with zero attached hydrogens (tertiary/aromatic N) is 4. The van der Waals surface area contributed by atoms with Crippen LogP contribution in [0.2, 0.25) is 0 Å². The number of aromatic nitrogens is 4. The monoisotopic (exact) mass is 325 g/mol. The fourth-order valence-corrected chi connectivity index (χ4v) is 3.82. The van der Waals surface area contributed by atoms with Gasteiger partial charge in [0.2, 0.25) is 5.52 Å². The van der Waals surface area contributed by atoms with Crippen molar-refractivity contribution in [3.05, 3.63) is 72.8 Å². The van der Waals surface area contributed by atoms with Crippen molar-refractivity contribution in [3.8, 4) is 17.1 Å². The van der Waals surface area contributed by atoms with E-state index >= 15 is 0 Å². The number of hydrogen-bond acceptors (Lipinski definition) is 3. The Kier molecular flexibility index (Phi) is 2.34. The molecule has 25 heavy (non-hydrogen) atoms. The number of pyridine rings is 2. The van der Waals surface area contributed by atoms with Crippen LogP contribution in [0.15, 0.2) is 71.7 Å². The van der Waals surface area contributed by atoms with Crippen LogP contribution < -0.4 is 4.57 Å². The fourth-order valence-electron chi connectivity index (χ4n) is 3.82. The summed E-state index contributed by atoms with van der Waals surface area (Å²) in [4.78, 5) is 8.54. The summed E-state index contributed by atoms with van der Waals surface area (Å²) in [7, 11) is 0. The van der Waals surface area contributed by atoms with Gasteiger partial charge in [-0.25, -0.2) is 0 Å². The summed E-state index contributed by atoms with van der Waals surface area (Å²) in [6, 6.07) is 14.5. The molecule has 0 saturated carbocycles. The van der Waals surface area contributed by atoms with E-state index in [1.165, 1.54) is 5.56 Å². The largest absolute Gasteiger partial charge is 0.417 e. The van der Waals surface area contributed by atoms with Crippen LogP contribution in [0, 0.1) is 0 Å². The zero-order valence-corrected chi connectivity index (χ0v) is 13.3. The van der Waals surface area contributed by atoms with E-state index in [1.807, 2.05) is 30.7 Å². The van der Waals surface area contributed by atoms with Gasteiger partial charge >= 0.3 is 5.71 Å². The van der Waals surface area contributed by atoms with Gasteiger partial charge in [0.05, 0.1) is 17.1 Å². The van der Waals surface area contributed by atoms with Gasteiger partial charge in [-0.1, -0.05) is 18.2 Å². The fraction of sp³-hybridized carbons (Fsp3) is 0.0500. The highest BCUT2D eigenvalue weighted by Crippen LogP contribution is 2.37. The summed E-state index contributed by atoms with van der Waals surface area (Å²) in [5, 5.41) is 1.07. The molecule has 0 atom stereocenters. The summed E-state index contributed by atoms with van der Waals surface area (Å²) < 4.78 is 10.7. The van der Waals surface area contributed by atoms with E-state index < -0.39 is 0 Å². The molecular weight excluding hydrogens is 312 g/mol. The molecule has 118 valence electrons. The Labute approximate surface area is 142 Å². The van der Waals surface area contributed by atoms with Gasteiger partial charge in [-0.2, -0.15) is 9.13 Å². The zero-order valence-electron chi connectivity index (χ0n) is 13.3. The van der Waals surface area contributed by atoms with Crippen molar-refractivity contribution in [3.63, 3.8) is 0 Å². The number of para-hydroxylation sites is 1. The predicted octanol–water partition coefficient (Wildman–Crippen LogP) is 3.48. The van der Waals surface area contributed by atoms with Crippen LogP contribution in [0.4, 0.5) is 0 Å². The van der Waals surface area contributed by atoms with Crippen molar-refractivity contribution >= 4 is 22.2 Å². The molecule has 4 aromatic heterocycles. The van der Waals surface area contributed by atoms with Crippen LogP contribution in [-0.2, 0) is 6.54 Å². The number of imidazole rings is 1. The molecule has 0 bridgehead atoms. The zero-order chi connectivity index (χ0) is 16.4. The molecule has 5 heterocycles. The minimum Gasteiger partial charge on any atom is -0.417 e. The van der Waals surface area contributed by atoms with Crippen molar-refractivity contribution in [2.75, 3.05) is 0 Å². The van der Waals surface area contributed by atoms with Gasteiger partial charge in [0.25, 0.3) is 5.82 Å². The van der Waals surface area contributed by atoms with E-state index in [9.17, 15) is 0 Å². The van der Waals surface area contributed by atoms with Gasteiger partial charge in [-0.05, 0) is 24.3 Å². The number of hydrogen-bond donors (Lipinski definition) is 0. The Morgan fingerprint density at radius 2 is 1.80 bits per heavy atom. The topological polar surface area (TPSA) is 47.7 Å². The summed E-state index contributed by atoms with van der Waals surface area (Å²) in [6.45, 7) is 0.788. The molecule has 0 fully saturated rings. The standard InChI is InChI=1S/C20H13N4O/c1-2-4-14(5-3-1)24-18-15-7-9-22-11-17(15)25-20(18)23-12-13-6-8-21-10-16(13)19(23)24/h1-11H,12H2/q+1. The maximum Gasteiger partial charge on any atom is 0.340 e. The van der Waals surface area contributed by atoms with Crippen molar-refractivity contribution in [2.45, 2.75) is 6.54 Å². The lowest BCUT2D eigenvalue weighted by Crippen LogP contribution is -2.31. The molecule has 0 radical (unpaired) electrons.